The number of aryl methyl sites for hydroxylation is 2. The van der Waals surface area contributed by atoms with Crippen LogP contribution >= 0.6 is 0 Å². The van der Waals surface area contributed by atoms with E-state index >= 15 is 0 Å². The fraction of sp³-hybridized carbons (Fsp3) is 0.235. The van der Waals surface area contributed by atoms with Crippen molar-refractivity contribution in [2.24, 2.45) is 0 Å². The molecule has 1 aliphatic heterocycles. The van der Waals surface area contributed by atoms with Crippen molar-refractivity contribution in [3.8, 4) is 22.6 Å². The average Bonchev–Trinajstić information content (AvgIpc) is 3.61. The maximum Gasteiger partial charge on any atom is 0.0779 e. The molecule has 0 unspecified atom stereocenters. The number of allylic oxidation sites excluding steroid dienone is 1. The van der Waals surface area contributed by atoms with Gasteiger partial charge in [0.15, 0.2) is 0 Å². The first-order chi connectivity index (χ1) is 18.2. The molecule has 2 aromatic heterocycles. The van der Waals surface area contributed by atoms with Gasteiger partial charge in [-0.2, -0.15) is 0 Å². The fourth-order valence-corrected chi connectivity index (χ4v) is 5.44. The van der Waals surface area contributed by atoms with E-state index in [1.165, 1.54) is 53.5 Å². The van der Waals surface area contributed by atoms with Crippen LogP contribution in [0.3, 0.4) is 0 Å². The summed E-state index contributed by atoms with van der Waals surface area (Å²) < 4.78 is 2.33. The molecule has 1 saturated carbocycles. The normalized spacial score (nSPS) is 14.2. The molecule has 38 heavy (non-hydrogen) atoms. The summed E-state index contributed by atoms with van der Waals surface area (Å²) in [5.74, 6) is 1.76. The molecule has 0 N–H and O–H groups in total. The second kappa shape index (κ2) is 11.6. The molecule has 5 aromatic rings. The Morgan fingerprint density at radius 2 is 1.74 bits per heavy atom. The minimum absolute atomic E-state index is 0. The largest absolute Gasteiger partial charge is 0.360 e. The molecule has 1 fully saturated rings. The van der Waals surface area contributed by atoms with Crippen LogP contribution in [0.4, 0.5) is 0 Å². The molecule has 0 atom stereocenters. The van der Waals surface area contributed by atoms with Gasteiger partial charge in [0.05, 0.1) is 16.9 Å². The van der Waals surface area contributed by atoms with Crippen molar-refractivity contribution in [1.29, 1.82) is 0 Å². The second-order valence-electron chi connectivity index (χ2n) is 10.2. The molecule has 3 heterocycles. The van der Waals surface area contributed by atoms with E-state index in [9.17, 15) is 0 Å². The number of hydrogen-bond donors (Lipinski definition) is 0. The van der Waals surface area contributed by atoms with E-state index in [0.29, 0.717) is 0 Å². The number of rotatable bonds is 3. The van der Waals surface area contributed by atoms with Crippen molar-refractivity contribution in [3.63, 3.8) is 0 Å². The summed E-state index contributed by atoms with van der Waals surface area (Å²) in [6, 6.07) is 29.6. The maximum absolute atomic E-state index is 4.98. The second-order valence-corrected chi connectivity index (χ2v) is 10.2. The standard InChI is InChI=1S/C21H19N2.C13H12N.Ir/c1-2-9-16(10-3-1)21-22-19-14-18(15-7-4-5-8-15)13-17-11-6-12-23(21)20(17)19;1-10-3-6-12(7-4-10)13-8-5-11(2)9-14-13;/h1-3,6,9,11,13-15H,4-5,7-8,12H2;3-6,8-9H,1-2H3;/q2*-1;. The zero-order chi connectivity index (χ0) is 25.2. The van der Waals surface area contributed by atoms with Gasteiger partial charge in [-0.05, 0) is 60.2 Å². The summed E-state index contributed by atoms with van der Waals surface area (Å²) in [6.45, 7) is 4.99. The van der Waals surface area contributed by atoms with E-state index in [1.54, 1.807) is 0 Å². The quantitative estimate of drug-likeness (QED) is 0.180. The number of nitrogens with zero attached hydrogens (tertiary/aromatic N) is 3. The van der Waals surface area contributed by atoms with Gasteiger partial charge in [-0.1, -0.05) is 44.1 Å². The molecular weight excluding hydrogens is 643 g/mol. The summed E-state index contributed by atoms with van der Waals surface area (Å²) in [4.78, 5) is 9.33. The molecule has 193 valence electrons. The summed E-state index contributed by atoms with van der Waals surface area (Å²) in [5.41, 5.74) is 10.7. The van der Waals surface area contributed by atoms with Gasteiger partial charge in [-0.15, -0.1) is 71.3 Å². The monoisotopic (exact) mass is 674 g/mol. The van der Waals surface area contributed by atoms with E-state index in [2.05, 4.69) is 77.2 Å². The van der Waals surface area contributed by atoms with Gasteiger partial charge in [-0.25, -0.2) is 0 Å². The topological polar surface area (TPSA) is 30.7 Å². The number of pyridine rings is 1. The Balaban J connectivity index is 0.000000170. The molecule has 0 spiro atoms. The Kier molecular flexibility index (Phi) is 8.02. The van der Waals surface area contributed by atoms with Crippen LogP contribution in [0.1, 0.15) is 53.9 Å². The first kappa shape index (κ1) is 26.3. The van der Waals surface area contributed by atoms with Gasteiger partial charge in [0, 0.05) is 32.8 Å². The summed E-state index contributed by atoms with van der Waals surface area (Å²) in [5, 5.41) is 0. The maximum atomic E-state index is 4.98. The Labute approximate surface area is 239 Å². The summed E-state index contributed by atoms with van der Waals surface area (Å²) in [6.07, 6.45) is 11.8. The smallest absolute Gasteiger partial charge is 0.0779 e. The summed E-state index contributed by atoms with van der Waals surface area (Å²) >= 11 is 0. The SMILES string of the molecule is Cc1c[c-]c(-c2ccc(C)cn2)cc1.[Ir].[c-]1ccccc1-c1nc2cc(C3CCCC3)cc3c2n1CC=C3. The number of imidazole rings is 1. The van der Waals surface area contributed by atoms with Crippen LogP contribution in [0.15, 0.2) is 79.0 Å². The zero-order valence-corrected chi connectivity index (χ0v) is 24.3. The first-order valence-corrected chi connectivity index (χ1v) is 13.2. The Morgan fingerprint density at radius 3 is 2.45 bits per heavy atom. The van der Waals surface area contributed by atoms with Gasteiger partial charge in [0.25, 0.3) is 0 Å². The average molecular weight is 674 g/mol. The zero-order valence-electron chi connectivity index (χ0n) is 21.9. The molecule has 0 amide bonds. The van der Waals surface area contributed by atoms with Crippen molar-refractivity contribution in [1.82, 2.24) is 14.5 Å². The van der Waals surface area contributed by atoms with Crippen molar-refractivity contribution < 1.29 is 20.1 Å². The molecule has 1 radical (unpaired) electrons. The van der Waals surface area contributed by atoms with Gasteiger partial charge in [0.2, 0.25) is 0 Å². The minimum Gasteiger partial charge on any atom is -0.360 e. The van der Waals surface area contributed by atoms with E-state index in [-0.39, 0.29) is 20.1 Å². The number of hydrogen-bond acceptors (Lipinski definition) is 2. The van der Waals surface area contributed by atoms with Crippen LogP contribution < -0.4 is 0 Å². The molecular formula is C34H31IrN3-2. The van der Waals surface area contributed by atoms with Gasteiger partial charge in [-0.3, -0.25) is 4.98 Å². The van der Waals surface area contributed by atoms with Gasteiger partial charge < -0.3 is 9.55 Å². The number of benzene rings is 3. The molecule has 4 heteroatoms. The van der Waals surface area contributed by atoms with Crippen molar-refractivity contribution in [3.05, 3.63) is 113 Å². The molecule has 1 aliphatic carbocycles. The molecule has 0 bridgehead atoms. The van der Waals surface area contributed by atoms with Gasteiger partial charge in [0.1, 0.15) is 0 Å². The Hall–Kier alpha value is -3.33. The predicted octanol–water partition coefficient (Wildman–Crippen LogP) is 8.35. The van der Waals surface area contributed by atoms with Crippen LogP contribution in [0.25, 0.3) is 39.8 Å². The molecule has 2 aliphatic rings. The van der Waals surface area contributed by atoms with E-state index in [4.69, 9.17) is 4.98 Å². The van der Waals surface area contributed by atoms with Crippen LogP contribution in [0, 0.1) is 26.0 Å². The Morgan fingerprint density at radius 1 is 0.895 bits per heavy atom. The van der Waals surface area contributed by atoms with E-state index < -0.39 is 0 Å². The third kappa shape index (κ3) is 5.43. The van der Waals surface area contributed by atoms with Crippen molar-refractivity contribution >= 4 is 17.1 Å². The molecule has 3 nitrogen and oxygen atoms in total. The predicted molar refractivity (Wildman–Crippen MR) is 152 cm³/mol. The van der Waals surface area contributed by atoms with Crippen molar-refractivity contribution in [2.45, 2.75) is 52.0 Å². The minimum atomic E-state index is 0. The first-order valence-electron chi connectivity index (χ1n) is 13.2. The Bertz CT molecular complexity index is 1500. The van der Waals surface area contributed by atoms with Crippen molar-refractivity contribution in [2.75, 3.05) is 0 Å². The van der Waals surface area contributed by atoms with Gasteiger partial charge >= 0.3 is 0 Å². The van der Waals surface area contributed by atoms with Crippen LogP contribution in [0.5, 0.6) is 0 Å². The fourth-order valence-electron chi connectivity index (χ4n) is 5.44. The molecule has 7 rings (SSSR count). The van der Waals surface area contributed by atoms with Crippen LogP contribution in [-0.4, -0.2) is 14.5 Å². The van der Waals surface area contributed by atoms with Crippen LogP contribution in [0.2, 0.25) is 0 Å². The third-order valence-corrected chi connectivity index (χ3v) is 7.41. The number of aromatic nitrogens is 3. The molecule has 0 saturated heterocycles. The van der Waals surface area contributed by atoms with E-state index in [0.717, 1.165) is 40.6 Å². The van der Waals surface area contributed by atoms with E-state index in [1.807, 2.05) is 43.5 Å². The van der Waals surface area contributed by atoms with Crippen LogP contribution in [-0.2, 0) is 26.7 Å². The third-order valence-electron chi connectivity index (χ3n) is 7.41. The molecule has 3 aromatic carbocycles. The summed E-state index contributed by atoms with van der Waals surface area (Å²) in [7, 11) is 0.